The first kappa shape index (κ1) is 22.8. The molecule has 3 aromatic rings. The first-order valence-corrected chi connectivity index (χ1v) is 11.3. The summed E-state index contributed by atoms with van der Waals surface area (Å²) in [6.45, 7) is 4.19. The Morgan fingerprint density at radius 1 is 1.16 bits per heavy atom. The van der Waals surface area contributed by atoms with Crippen molar-refractivity contribution in [1.82, 2.24) is 4.98 Å². The number of nitrogens with zero attached hydrogens (tertiary/aromatic N) is 2. The van der Waals surface area contributed by atoms with Crippen molar-refractivity contribution in [3.63, 3.8) is 0 Å². The molecule has 0 saturated carbocycles. The average molecular weight is 504 g/mol. The number of hydrogen-bond donors (Lipinski definition) is 1. The molecular formula is C22H22BrN3O4S. The number of ether oxygens (including phenoxy) is 3. The minimum Gasteiger partial charge on any atom is -0.490 e. The summed E-state index contributed by atoms with van der Waals surface area (Å²) >= 11 is 4.98. The van der Waals surface area contributed by atoms with Crippen LogP contribution in [0.3, 0.4) is 0 Å². The SMILES string of the molecule is CCOC(=O)COc1cc(Br)c(C=NNc2nc(-c3ccccc3)cs2)cc1OCC. The summed E-state index contributed by atoms with van der Waals surface area (Å²) in [7, 11) is 0. The minimum absolute atomic E-state index is 0.191. The zero-order valence-electron chi connectivity index (χ0n) is 17.1. The van der Waals surface area contributed by atoms with Gasteiger partial charge in [-0.3, -0.25) is 5.43 Å². The van der Waals surface area contributed by atoms with Crippen LogP contribution in [0.5, 0.6) is 11.5 Å². The number of hydrogen-bond acceptors (Lipinski definition) is 8. The van der Waals surface area contributed by atoms with Crippen molar-refractivity contribution in [2.45, 2.75) is 13.8 Å². The van der Waals surface area contributed by atoms with Gasteiger partial charge in [0.25, 0.3) is 0 Å². The Morgan fingerprint density at radius 3 is 2.68 bits per heavy atom. The Labute approximate surface area is 193 Å². The van der Waals surface area contributed by atoms with E-state index in [1.807, 2.05) is 42.6 Å². The number of esters is 1. The molecule has 0 unspecified atom stereocenters. The highest BCUT2D eigenvalue weighted by atomic mass is 79.9. The van der Waals surface area contributed by atoms with Crippen LogP contribution < -0.4 is 14.9 Å². The molecule has 9 heteroatoms. The molecule has 0 bridgehead atoms. The molecule has 1 heterocycles. The third kappa shape index (κ3) is 6.53. The van der Waals surface area contributed by atoms with Crippen LogP contribution in [0.15, 0.2) is 57.4 Å². The normalized spacial score (nSPS) is 10.8. The molecule has 0 aliphatic heterocycles. The van der Waals surface area contributed by atoms with Gasteiger partial charge in [-0.15, -0.1) is 11.3 Å². The molecule has 0 saturated heterocycles. The molecule has 7 nitrogen and oxygen atoms in total. The van der Waals surface area contributed by atoms with E-state index in [0.29, 0.717) is 29.8 Å². The van der Waals surface area contributed by atoms with Crippen LogP contribution in [-0.4, -0.2) is 37.0 Å². The van der Waals surface area contributed by atoms with Gasteiger partial charge in [-0.05, 0) is 41.9 Å². The molecule has 2 aromatic carbocycles. The first-order chi connectivity index (χ1) is 15.1. The van der Waals surface area contributed by atoms with Crippen LogP contribution in [0.2, 0.25) is 0 Å². The van der Waals surface area contributed by atoms with E-state index in [1.54, 1.807) is 25.3 Å². The smallest absolute Gasteiger partial charge is 0.344 e. The molecule has 31 heavy (non-hydrogen) atoms. The van der Waals surface area contributed by atoms with E-state index < -0.39 is 5.97 Å². The topological polar surface area (TPSA) is 82.0 Å². The summed E-state index contributed by atoms with van der Waals surface area (Å²) in [4.78, 5) is 16.1. The van der Waals surface area contributed by atoms with Gasteiger partial charge >= 0.3 is 5.97 Å². The highest BCUT2D eigenvalue weighted by Crippen LogP contribution is 2.33. The Hall–Kier alpha value is -2.91. The molecule has 0 fully saturated rings. The molecule has 3 rings (SSSR count). The number of carbonyl (C=O) groups is 1. The van der Waals surface area contributed by atoms with Crippen LogP contribution in [0.25, 0.3) is 11.3 Å². The average Bonchev–Trinajstić information content (AvgIpc) is 3.24. The van der Waals surface area contributed by atoms with Crippen LogP contribution in [-0.2, 0) is 9.53 Å². The van der Waals surface area contributed by atoms with Gasteiger partial charge in [0.15, 0.2) is 18.1 Å². The second-order valence-corrected chi connectivity index (χ2v) is 7.83. The molecule has 162 valence electrons. The molecule has 0 amide bonds. The highest BCUT2D eigenvalue weighted by molar-refractivity contribution is 9.10. The third-order valence-corrected chi connectivity index (χ3v) is 5.38. The van der Waals surface area contributed by atoms with Crippen molar-refractivity contribution in [2.24, 2.45) is 5.10 Å². The zero-order valence-corrected chi connectivity index (χ0v) is 19.5. The predicted molar refractivity (Wildman–Crippen MR) is 126 cm³/mol. The van der Waals surface area contributed by atoms with Gasteiger partial charge in [0, 0.05) is 21.0 Å². The third-order valence-electron chi connectivity index (χ3n) is 3.95. The maximum atomic E-state index is 11.6. The summed E-state index contributed by atoms with van der Waals surface area (Å²) in [5.41, 5.74) is 5.68. The van der Waals surface area contributed by atoms with Crippen molar-refractivity contribution in [2.75, 3.05) is 25.2 Å². The highest BCUT2D eigenvalue weighted by Gasteiger charge is 2.12. The standard InChI is InChI=1S/C22H22BrN3O4S/c1-3-28-19-10-16(17(23)11-20(19)30-13-21(27)29-4-2)12-24-26-22-25-18(14-31-22)15-8-6-5-7-9-15/h5-12,14H,3-4,13H2,1-2H3,(H,25,26). The Kier molecular flexibility index (Phi) is 8.43. The van der Waals surface area contributed by atoms with Crippen molar-refractivity contribution < 1.29 is 19.0 Å². The van der Waals surface area contributed by atoms with Gasteiger partial charge in [-0.25, -0.2) is 9.78 Å². The monoisotopic (exact) mass is 503 g/mol. The number of nitrogens with one attached hydrogen (secondary N) is 1. The minimum atomic E-state index is -0.436. The molecule has 0 atom stereocenters. The van der Waals surface area contributed by atoms with Crippen molar-refractivity contribution in [3.05, 3.63) is 57.9 Å². The predicted octanol–water partition coefficient (Wildman–Crippen LogP) is 5.36. The molecule has 0 aliphatic rings. The fourth-order valence-corrected chi connectivity index (χ4v) is 3.69. The number of rotatable bonds is 10. The van der Waals surface area contributed by atoms with Gasteiger partial charge in [0.1, 0.15) is 0 Å². The Bertz CT molecular complexity index is 1040. The quantitative estimate of drug-likeness (QED) is 0.228. The molecule has 0 spiro atoms. The Balaban J connectivity index is 1.69. The maximum absolute atomic E-state index is 11.6. The largest absolute Gasteiger partial charge is 0.490 e. The molecule has 1 N–H and O–H groups in total. The van der Waals surface area contributed by atoms with Crippen molar-refractivity contribution >= 4 is 44.6 Å². The van der Waals surface area contributed by atoms with Gasteiger partial charge in [-0.1, -0.05) is 30.3 Å². The Morgan fingerprint density at radius 2 is 1.94 bits per heavy atom. The summed E-state index contributed by atoms with van der Waals surface area (Å²) in [5.74, 6) is 0.519. The maximum Gasteiger partial charge on any atom is 0.344 e. The van der Waals surface area contributed by atoms with E-state index in [2.05, 4.69) is 31.4 Å². The summed E-state index contributed by atoms with van der Waals surface area (Å²) in [5, 5.41) is 6.95. The van der Waals surface area contributed by atoms with E-state index in [0.717, 1.165) is 21.3 Å². The lowest BCUT2D eigenvalue weighted by Crippen LogP contribution is -2.15. The number of benzene rings is 2. The van der Waals surface area contributed by atoms with Crippen LogP contribution in [0, 0.1) is 0 Å². The van der Waals surface area contributed by atoms with Crippen LogP contribution >= 0.6 is 27.3 Å². The second kappa shape index (κ2) is 11.5. The second-order valence-electron chi connectivity index (χ2n) is 6.12. The number of halogens is 1. The van der Waals surface area contributed by atoms with Gasteiger partial charge in [0.05, 0.1) is 25.1 Å². The fourth-order valence-electron chi connectivity index (χ4n) is 2.59. The molecule has 1 aromatic heterocycles. The van der Waals surface area contributed by atoms with E-state index in [9.17, 15) is 4.79 Å². The fraction of sp³-hybridized carbons (Fsp3) is 0.227. The van der Waals surface area contributed by atoms with Crippen LogP contribution in [0.1, 0.15) is 19.4 Å². The zero-order chi connectivity index (χ0) is 22.1. The van der Waals surface area contributed by atoms with Crippen molar-refractivity contribution in [1.29, 1.82) is 0 Å². The lowest BCUT2D eigenvalue weighted by atomic mass is 10.2. The van der Waals surface area contributed by atoms with E-state index in [1.165, 1.54) is 11.3 Å². The van der Waals surface area contributed by atoms with Gasteiger partial charge < -0.3 is 14.2 Å². The first-order valence-electron chi connectivity index (χ1n) is 9.65. The van der Waals surface area contributed by atoms with E-state index in [4.69, 9.17) is 14.2 Å². The number of hydrazone groups is 1. The lowest BCUT2D eigenvalue weighted by Gasteiger charge is -2.13. The number of thiazole rings is 1. The molecule has 0 aliphatic carbocycles. The van der Waals surface area contributed by atoms with Crippen LogP contribution in [0.4, 0.5) is 5.13 Å². The van der Waals surface area contributed by atoms with E-state index in [-0.39, 0.29) is 6.61 Å². The number of anilines is 1. The summed E-state index contributed by atoms with van der Waals surface area (Å²) < 4.78 is 16.8. The number of carbonyl (C=O) groups excluding carboxylic acids is 1. The van der Waals surface area contributed by atoms with Gasteiger partial charge in [0.2, 0.25) is 5.13 Å². The summed E-state index contributed by atoms with van der Waals surface area (Å²) in [6.07, 6.45) is 1.66. The lowest BCUT2D eigenvalue weighted by molar-refractivity contribution is -0.145. The van der Waals surface area contributed by atoms with Crippen molar-refractivity contribution in [3.8, 4) is 22.8 Å². The summed E-state index contributed by atoms with van der Waals surface area (Å²) in [6, 6.07) is 13.5. The molecule has 0 radical (unpaired) electrons. The van der Waals surface area contributed by atoms with Gasteiger partial charge in [-0.2, -0.15) is 5.10 Å². The number of aromatic nitrogens is 1. The molecular weight excluding hydrogens is 482 g/mol. The van der Waals surface area contributed by atoms with E-state index >= 15 is 0 Å².